The highest BCUT2D eigenvalue weighted by molar-refractivity contribution is 6.19. The molecule has 2 aromatic rings. The van der Waals surface area contributed by atoms with Gasteiger partial charge in [-0.1, -0.05) is 24.3 Å². The maximum atomic E-state index is 12.5. The van der Waals surface area contributed by atoms with Crippen LogP contribution in [-0.2, 0) is 4.74 Å². The van der Waals surface area contributed by atoms with E-state index in [9.17, 15) is 9.90 Å². The minimum atomic E-state index is -0.574. The number of phenolic OH excluding ortho intramolecular Hbond substituents is 1. The number of aromatic hydroxyl groups is 1. The summed E-state index contributed by atoms with van der Waals surface area (Å²) in [6, 6.07) is 9.48. The Labute approximate surface area is 140 Å². The van der Waals surface area contributed by atoms with Gasteiger partial charge >= 0.3 is 6.09 Å². The second-order valence-corrected chi connectivity index (χ2v) is 7.13. The van der Waals surface area contributed by atoms with Crippen molar-refractivity contribution < 1.29 is 14.6 Å². The summed E-state index contributed by atoms with van der Waals surface area (Å²) in [5.74, 6) is 0.427. The normalized spacial score (nSPS) is 17.4. The van der Waals surface area contributed by atoms with Crippen LogP contribution in [0.25, 0.3) is 10.8 Å². The van der Waals surface area contributed by atoms with E-state index in [2.05, 4.69) is 0 Å². The van der Waals surface area contributed by atoms with E-state index in [4.69, 9.17) is 16.3 Å². The molecule has 23 heavy (non-hydrogen) atoms. The molecule has 1 aliphatic heterocycles. The number of nitrogens with zero attached hydrogens (tertiary/aromatic N) is 1. The number of halogens is 1. The zero-order valence-electron chi connectivity index (χ0n) is 13.5. The van der Waals surface area contributed by atoms with Crippen LogP contribution in [0.1, 0.15) is 32.3 Å². The summed E-state index contributed by atoms with van der Waals surface area (Å²) in [7, 11) is 0. The van der Waals surface area contributed by atoms with Crippen LogP contribution in [-0.4, -0.2) is 29.2 Å². The topological polar surface area (TPSA) is 49.8 Å². The third kappa shape index (κ3) is 2.83. The maximum absolute atomic E-state index is 12.5. The molecule has 1 amide bonds. The summed E-state index contributed by atoms with van der Waals surface area (Å²) in [6.45, 7) is 5.91. The molecule has 1 atom stereocenters. The summed E-state index contributed by atoms with van der Waals surface area (Å²) in [5.41, 5.74) is 0.834. The number of ether oxygens (including phenoxy) is 1. The number of alkyl halides is 1. The van der Waals surface area contributed by atoms with Gasteiger partial charge in [0.1, 0.15) is 11.4 Å². The number of anilines is 1. The molecule has 0 saturated heterocycles. The van der Waals surface area contributed by atoms with E-state index >= 15 is 0 Å². The number of phenols is 1. The predicted octanol–water partition coefficient (Wildman–Crippen LogP) is 4.62. The molecule has 0 saturated carbocycles. The summed E-state index contributed by atoms with van der Waals surface area (Å²) >= 11 is 6.07. The number of fused-ring (bicyclic) bond motifs is 2. The van der Waals surface area contributed by atoms with E-state index in [1.54, 1.807) is 4.90 Å². The molecule has 1 aliphatic rings. The van der Waals surface area contributed by atoms with Crippen molar-refractivity contribution in [2.45, 2.75) is 32.3 Å². The Kier molecular flexibility index (Phi) is 3.88. The molecular weight excluding hydrogens is 314 g/mol. The summed E-state index contributed by atoms with van der Waals surface area (Å²) in [4.78, 5) is 14.1. The zero-order valence-corrected chi connectivity index (χ0v) is 14.2. The van der Waals surface area contributed by atoms with Crippen LogP contribution in [0.4, 0.5) is 10.5 Å². The van der Waals surface area contributed by atoms with Crippen molar-refractivity contribution >= 4 is 34.2 Å². The van der Waals surface area contributed by atoms with Gasteiger partial charge in [-0.25, -0.2) is 4.79 Å². The first-order valence-electron chi connectivity index (χ1n) is 7.63. The van der Waals surface area contributed by atoms with Gasteiger partial charge in [-0.05, 0) is 32.2 Å². The molecule has 2 aromatic carbocycles. The van der Waals surface area contributed by atoms with Crippen molar-refractivity contribution in [2.75, 3.05) is 17.3 Å². The number of carbonyl (C=O) groups is 1. The fourth-order valence-corrected chi connectivity index (χ4v) is 3.23. The minimum Gasteiger partial charge on any atom is -0.507 e. The van der Waals surface area contributed by atoms with Crippen molar-refractivity contribution in [3.8, 4) is 5.75 Å². The number of hydrogen-bond donors (Lipinski definition) is 1. The molecule has 0 fully saturated rings. The first kappa shape index (κ1) is 15.9. The standard InChI is InChI=1S/C18H20ClNO3/c1-18(2,3)23-17(22)20-10-12(9-19)15-14(20)8-11-6-4-5-7-13(11)16(15)21/h4-8,12,21H,9-10H2,1-3H3/t12-/m1/s1. The number of hydrogen-bond acceptors (Lipinski definition) is 3. The molecule has 0 bridgehead atoms. The van der Waals surface area contributed by atoms with Crippen LogP contribution in [0, 0.1) is 0 Å². The van der Waals surface area contributed by atoms with E-state index in [1.807, 2.05) is 51.1 Å². The van der Waals surface area contributed by atoms with Gasteiger partial charge in [-0.15, -0.1) is 11.6 Å². The molecule has 4 nitrogen and oxygen atoms in total. The van der Waals surface area contributed by atoms with E-state index in [-0.39, 0.29) is 11.7 Å². The minimum absolute atomic E-state index is 0.108. The van der Waals surface area contributed by atoms with Crippen molar-refractivity contribution in [3.63, 3.8) is 0 Å². The fraction of sp³-hybridized carbons (Fsp3) is 0.389. The lowest BCUT2D eigenvalue weighted by Crippen LogP contribution is -2.36. The summed E-state index contributed by atoms with van der Waals surface area (Å²) < 4.78 is 5.49. The van der Waals surface area contributed by atoms with Gasteiger partial charge in [0.05, 0.1) is 5.69 Å². The lowest BCUT2D eigenvalue weighted by Gasteiger charge is -2.25. The van der Waals surface area contributed by atoms with Gasteiger partial charge in [0.15, 0.2) is 0 Å². The molecule has 0 spiro atoms. The number of carbonyl (C=O) groups excluding carboxylic acids is 1. The van der Waals surface area contributed by atoms with E-state index in [0.717, 1.165) is 16.3 Å². The average Bonchev–Trinajstić information content (AvgIpc) is 2.85. The van der Waals surface area contributed by atoms with Crippen molar-refractivity contribution in [1.82, 2.24) is 0 Å². The van der Waals surface area contributed by atoms with Crippen LogP contribution >= 0.6 is 11.6 Å². The highest BCUT2D eigenvalue weighted by atomic mass is 35.5. The van der Waals surface area contributed by atoms with Gasteiger partial charge in [-0.3, -0.25) is 4.90 Å². The summed E-state index contributed by atoms with van der Waals surface area (Å²) in [6.07, 6.45) is -0.416. The Morgan fingerprint density at radius 1 is 1.39 bits per heavy atom. The molecule has 0 aromatic heterocycles. The van der Waals surface area contributed by atoms with Gasteiger partial charge < -0.3 is 9.84 Å². The highest BCUT2D eigenvalue weighted by Crippen LogP contribution is 2.46. The third-order valence-electron chi connectivity index (χ3n) is 3.94. The largest absolute Gasteiger partial charge is 0.507 e. The van der Waals surface area contributed by atoms with Gasteiger partial charge in [-0.2, -0.15) is 0 Å². The smallest absolute Gasteiger partial charge is 0.414 e. The van der Waals surface area contributed by atoms with Crippen LogP contribution in [0.15, 0.2) is 30.3 Å². The monoisotopic (exact) mass is 333 g/mol. The molecule has 3 rings (SSSR count). The van der Waals surface area contributed by atoms with E-state index in [1.165, 1.54) is 0 Å². The van der Waals surface area contributed by atoms with Crippen molar-refractivity contribution in [3.05, 3.63) is 35.9 Å². The van der Waals surface area contributed by atoms with Crippen LogP contribution in [0.5, 0.6) is 5.75 Å². The second-order valence-electron chi connectivity index (χ2n) is 6.82. The van der Waals surface area contributed by atoms with Crippen LogP contribution in [0.3, 0.4) is 0 Å². The summed E-state index contributed by atoms with van der Waals surface area (Å²) in [5, 5.41) is 12.3. The van der Waals surface area contributed by atoms with Crippen molar-refractivity contribution in [2.24, 2.45) is 0 Å². The SMILES string of the molecule is CC(C)(C)OC(=O)N1C[C@@H](CCl)c2c1cc1ccccc1c2O. The Morgan fingerprint density at radius 2 is 2.09 bits per heavy atom. The van der Waals surface area contributed by atoms with Gasteiger partial charge in [0.25, 0.3) is 0 Å². The van der Waals surface area contributed by atoms with E-state index in [0.29, 0.717) is 18.1 Å². The maximum Gasteiger partial charge on any atom is 0.414 e. The zero-order chi connectivity index (χ0) is 16.8. The molecule has 1 N–H and O–H groups in total. The fourth-order valence-electron chi connectivity index (χ4n) is 2.98. The lowest BCUT2D eigenvalue weighted by molar-refractivity contribution is 0.0582. The quantitative estimate of drug-likeness (QED) is 0.774. The molecule has 0 radical (unpaired) electrons. The van der Waals surface area contributed by atoms with E-state index < -0.39 is 11.7 Å². The Morgan fingerprint density at radius 3 is 2.74 bits per heavy atom. The van der Waals surface area contributed by atoms with Crippen LogP contribution < -0.4 is 4.90 Å². The first-order valence-corrected chi connectivity index (χ1v) is 8.16. The van der Waals surface area contributed by atoms with Gasteiger partial charge in [0.2, 0.25) is 0 Å². The average molecular weight is 334 g/mol. The molecule has 0 unspecified atom stereocenters. The molecular formula is C18H20ClNO3. The number of benzene rings is 2. The first-order chi connectivity index (χ1) is 10.8. The van der Waals surface area contributed by atoms with Crippen molar-refractivity contribution in [1.29, 1.82) is 0 Å². The molecule has 122 valence electrons. The Balaban J connectivity index is 2.11. The Bertz CT molecular complexity index is 767. The Hall–Kier alpha value is -1.94. The second kappa shape index (κ2) is 5.60. The third-order valence-corrected chi connectivity index (χ3v) is 4.31. The van der Waals surface area contributed by atoms with Gasteiger partial charge in [0, 0.05) is 29.3 Å². The number of rotatable bonds is 1. The molecule has 5 heteroatoms. The molecule has 1 heterocycles. The molecule has 0 aliphatic carbocycles. The van der Waals surface area contributed by atoms with Crippen LogP contribution in [0.2, 0.25) is 0 Å². The highest BCUT2D eigenvalue weighted by Gasteiger charge is 2.37. The number of amides is 1. The predicted molar refractivity (Wildman–Crippen MR) is 92.7 cm³/mol. The lowest BCUT2D eigenvalue weighted by atomic mass is 9.97.